The smallest absolute Gasteiger partial charge is 0.228 e. The topological polar surface area (TPSA) is 79.6 Å². The van der Waals surface area contributed by atoms with Crippen LogP contribution in [0.3, 0.4) is 0 Å². The number of nitrogens with zero attached hydrogens (tertiary/aromatic N) is 4. The number of carbonyl (C=O) groups is 2. The van der Waals surface area contributed by atoms with Gasteiger partial charge in [-0.15, -0.1) is 11.3 Å². The summed E-state index contributed by atoms with van der Waals surface area (Å²) in [5, 5.41) is 5.45. The Morgan fingerprint density at radius 2 is 2.19 bits per heavy atom. The van der Waals surface area contributed by atoms with Crippen molar-refractivity contribution in [3.8, 4) is 0 Å². The van der Waals surface area contributed by atoms with Crippen molar-refractivity contribution in [3.63, 3.8) is 0 Å². The summed E-state index contributed by atoms with van der Waals surface area (Å²) in [5.41, 5.74) is 2.55. The van der Waals surface area contributed by atoms with Crippen molar-refractivity contribution in [2.45, 2.75) is 25.7 Å². The van der Waals surface area contributed by atoms with Crippen LogP contribution in [0.4, 0.5) is 5.13 Å². The molecule has 0 radical (unpaired) electrons. The number of imidazole rings is 1. The summed E-state index contributed by atoms with van der Waals surface area (Å²) in [5.74, 6) is 0.0427. The molecule has 26 heavy (non-hydrogen) atoms. The van der Waals surface area contributed by atoms with E-state index in [4.69, 9.17) is 0 Å². The maximum Gasteiger partial charge on any atom is 0.228 e. The van der Waals surface area contributed by atoms with Gasteiger partial charge in [-0.2, -0.15) is 0 Å². The third kappa shape index (κ3) is 3.60. The van der Waals surface area contributed by atoms with Gasteiger partial charge in [0.15, 0.2) is 5.13 Å². The molecule has 3 aromatic heterocycles. The fourth-order valence-corrected chi connectivity index (χ4v) is 3.88. The molecule has 0 aliphatic carbocycles. The molecule has 0 aromatic carbocycles. The molecule has 4 rings (SSSR count). The number of hydrogen-bond donors (Lipinski definition) is 1. The van der Waals surface area contributed by atoms with Crippen LogP contribution in [-0.2, 0) is 22.4 Å². The molecule has 0 atom stereocenters. The number of anilines is 1. The molecule has 1 N–H and O–H groups in total. The van der Waals surface area contributed by atoms with Gasteiger partial charge in [-0.05, 0) is 18.6 Å². The molecule has 1 fully saturated rings. The molecule has 0 bridgehead atoms. The molecule has 1 saturated heterocycles. The molecular formula is C18H19N5O2S. The minimum atomic E-state index is -0.0710. The summed E-state index contributed by atoms with van der Waals surface area (Å²) in [6.45, 7) is 1.25. The number of carbonyl (C=O) groups excluding carboxylic acids is 2. The zero-order chi connectivity index (χ0) is 17.9. The average molecular weight is 369 g/mol. The summed E-state index contributed by atoms with van der Waals surface area (Å²) in [4.78, 5) is 34.5. The Labute approximate surface area is 154 Å². The van der Waals surface area contributed by atoms with Crippen molar-refractivity contribution in [2.24, 2.45) is 0 Å². The lowest BCUT2D eigenvalue weighted by Crippen LogP contribution is -2.27. The van der Waals surface area contributed by atoms with E-state index in [0.29, 0.717) is 30.2 Å². The van der Waals surface area contributed by atoms with E-state index in [1.165, 1.54) is 11.3 Å². The largest absolute Gasteiger partial charge is 0.355 e. The van der Waals surface area contributed by atoms with Gasteiger partial charge in [-0.25, -0.2) is 9.97 Å². The molecule has 3 aromatic rings. The van der Waals surface area contributed by atoms with E-state index in [1.54, 1.807) is 4.90 Å². The van der Waals surface area contributed by atoms with Gasteiger partial charge < -0.3 is 9.72 Å². The number of aromatic nitrogens is 3. The molecule has 134 valence electrons. The molecule has 2 amide bonds. The Hall–Kier alpha value is -2.74. The first-order valence-electron chi connectivity index (χ1n) is 8.63. The second-order valence-corrected chi connectivity index (χ2v) is 7.08. The first-order chi connectivity index (χ1) is 12.7. The standard InChI is InChI=1S/C18H19N5O2S/c24-16(10-14-12-26-18(21-14)23-9-3-5-17(23)25)19-7-6-13-11-22-8-2-1-4-15(22)20-13/h1-2,4,8,11-12H,3,5-7,9-10H2,(H,19,24). The quantitative estimate of drug-likeness (QED) is 0.719. The molecule has 0 saturated carbocycles. The fourth-order valence-electron chi connectivity index (χ4n) is 3.02. The van der Waals surface area contributed by atoms with Gasteiger partial charge >= 0.3 is 0 Å². The zero-order valence-corrected chi connectivity index (χ0v) is 15.0. The van der Waals surface area contributed by atoms with E-state index in [-0.39, 0.29) is 18.2 Å². The molecule has 1 aliphatic rings. The first-order valence-corrected chi connectivity index (χ1v) is 9.51. The van der Waals surface area contributed by atoms with Crippen molar-refractivity contribution in [1.82, 2.24) is 19.7 Å². The molecule has 0 unspecified atom stereocenters. The Morgan fingerprint density at radius 3 is 3.00 bits per heavy atom. The van der Waals surface area contributed by atoms with E-state index in [2.05, 4.69) is 15.3 Å². The van der Waals surface area contributed by atoms with Gasteiger partial charge in [0.05, 0.1) is 17.8 Å². The van der Waals surface area contributed by atoms with Crippen LogP contribution in [0.25, 0.3) is 5.65 Å². The van der Waals surface area contributed by atoms with Crippen LogP contribution >= 0.6 is 11.3 Å². The average Bonchev–Trinajstić information content (AvgIpc) is 3.33. The third-order valence-corrected chi connectivity index (χ3v) is 5.22. The summed E-state index contributed by atoms with van der Waals surface area (Å²) in [6.07, 6.45) is 6.29. The van der Waals surface area contributed by atoms with E-state index in [9.17, 15) is 9.59 Å². The van der Waals surface area contributed by atoms with Crippen molar-refractivity contribution in [1.29, 1.82) is 0 Å². The number of pyridine rings is 1. The highest BCUT2D eigenvalue weighted by molar-refractivity contribution is 7.14. The van der Waals surface area contributed by atoms with Crippen molar-refractivity contribution < 1.29 is 9.59 Å². The Bertz CT molecular complexity index is 915. The van der Waals surface area contributed by atoms with Gasteiger partial charge in [0.2, 0.25) is 11.8 Å². The molecular weight excluding hydrogens is 350 g/mol. The van der Waals surface area contributed by atoms with Gasteiger partial charge in [0.25, 0.3) is 0 Å². The molecule has 0 spiro atoms. The minimum Gasteiger partial charge on any atom is -0.355 e. The van der Waals surface area contributed by atoms with Gasteiger partial charge in [0, 0.05) is 43.7 Å². The Morgan fingerprint density at radius 1 is 1.27 bits per heavy atom. The maximum atomic E-state index is 12.1. The lowest BCUT2D eigenvalue weighted by molar-refractivity contribution is -0.120. The van der Waals surface area contributed by atoms with Crippen LogP contribution in [-0.4, -0.2) is 39.3 Å². The van der Waals surface area contributed by atoms with Crippen LogP contribution in [0.5, 0.6) is 0 Å². The van der Waals surface area contributed by atoms with Gasteiger partial charge in [0.1, 0.15) is 5.65 Å². The maximum absolute atomic E-state index is 12.1. The SMILES string of the molecule is O=C(Cc1csc(N2CCCC2=O)n1)NCCc1cn2ccccc2n1. The number of thiazole rings is 1. The minimum absolute atomic E-state index is 0.0710. The van der Waals surface area contributed by atoms with Crippen molar-refractivity contribution >= 4 is 33.9 Å². The number of rotatable bonds is 6. The van der Waals surface area contributed by atoms with Gasteiger partial charge in [-0.3, -0.25) is 14.5 Å². The zero-order valence-electron chi connectivity index (χ0n) is 14.2. The van der Waals surface area contributed by atoms with Crippen LogP contribution in [0.2, 0.25) is 0 Å². The van der Waals surface area contributed by atoms with Crippen LogP contribution < -0.4 is 10.2 Å². The highest BCUT2D eigenvalue weighted by atomic mass is 32.1. The van der Waals surface area contributed by atoms with E-state index < -0.39 is 0 Å². The Balaban J connectivity index is 1.27. The van der Waals surface area contributed by atoms with Crippen molar-refractivity contribution in [2.75, 3.05) is 18.0 Å². The normalized spacial score (nSPS) is 14.3. The summed E-state index contributed by atoms with van der Waals surface area (Å²) in [7, 11) is 0. The Kier molecular flexibility index (Phi) is 4.66. The highest BCUT2D eigenvalue weighted by Gasteiger charge is 2.24. The second kappa shape index (κ2) is 7.25. The summed E-state index contributed by atoms with van der Waals surface area (Å²) in [6, 6.07) is 5.86. The van der Waals surface area contributed by atoms with Crippen molar-refractivity contribution in [3.05, 3.63) is 47.4 Å². The van der Waals surface area contributed by atoms with Crippen LogP contribution in [0, 0.1) is 0 Å². The number of fused-ring (bicyclic) bond motifs is 1. The summed E-state index contributed by atoms with van der Waals surface area (Å²) < 4.78 is 1.97. The third-order valence-electron chi connectivity index (χ3n) is 4.30. The molecule has 4 heterocycles. The lowest BCUT2D eigenvalue weighted by Gasteiger charge is -2.10. The number of hydrogen-bond acceptors (Lipinski definition) is 5. The molecule has 8 heteroatoms. The second-order valence-electron chi connectivity index (χ2n) is 6.25. The van der Waals surface area contributed by atoms with E-state index in [0.717, 1.165) is 24.3 Å². The fraction of sp³-hybridized carbons (Fsp3) is 0.333. The number of nitrogens with one attached hydrogen (secondary N) is 1. The van der Waals surface area contributed by atoms with Crippen LogP contribution in [0.1, 0.15) is 24.2 Å². The monoisotopic (exact) mass is 369 g/mol. The number of amides is 2. The molecule has 1 aliphatic heterocycles. The first kappa shape index (κ1) is 16.7. The predicted octanol–water partition coefficient (Wildman–Crippen LogP) is 1.82. The summed E-state index contributed by atoms with van der Waals surface area (Å²) >= 11 is 1.42. The van der Waals surface area contributed by atoms with E-state index in [1.807, 2.05) is 40.4 Å². The van der Waals surface area contributed by atoms with Crippen LogP contribution in [0.15, 0.2) is 36.0 Å². The highest BCUT2D eigenvalue weighted by Crippen LogP contribution is 2.25. The molecule has 7 nitrogen and oxygen atoms in total. The van der Waals surface area contributed by atoms with Gasteiger partial charge in [-0.1, -0.05) is 6.07 Å². The predicted molar refractivity (Wildman–Crippen MR) is 99.3 cm³/mol. The van der Waals surface area contributed by atoms with E-state index >= 15 is 0 Å². The lowest BCUT2D eigenvalue weighted by atomic mass is 10.3.